The zero-order chi connectivity index (χ0) is 11.8. The van der Waals surface area contributed by atoms with Gasteiger partial charge in [-0.1, -0.05) is 12.2 Å². The van der Waals surface area contributed by atoms with E-state index >= 15 is 0 Å². The average Bonchev–Trinajstić information content (AvgIpc) is 2.77. The Morgan fingerprint density at radius 3 is 2.69 bits per heavy atom. The van der Waals surface area contributed by atoms with Crippen LogP contribution in [-0.4, -0.2) is 23.7 Å². The highest BCUT2D eigenvalue weighted by atomic mass is 16.5. The molecule has 4 nitrogen and oxygen atoms in total. The van der Waals surface area contributed by atoms with Crippen LogP contribution in [-0.2, 0) is 14.3 Å². The topological polar surface area (TPSA) is 63.6 Å². The van der Waals surface area contributed by atoms with E-state index < -0.39 is 11.4 Å². The number of carbonyl (C=O) groups excluding carboxylic acids is 1. The van der Waals surface area contributed by atoms with E-state index in [-0.39, 0.29) is 18.3 Å². The minimum atomic E-state index is -0.922. The highest BCUT2D eigenvalue weighted by Crippen LogP contribution is 2.54. The number of fused-ring (bicyclic) bond motifs is 2. The van der Waals surface area contributed by atoms with Crippen LogP contribution in [0.5, 0.6) is 0 Å². The molecule has 0 spiro atoms. The lowest BCUT2D eigenvalue weighted by Crippen LogP contribution is -2.38. The van der Waals surface area contributed by atoms with Gasteiger partial charge in [-0.2, -0.15) is 0 Å². The molecule has 0 saturated heterocycles. The Morgan fingerprint density at radius 2 is 2.25 bits per heavy atom. The molecule has 88 valence electrons. The molecule has 4 heteroatoms. The van der Waals surface area contributed by atoms with E-state index in [1.54, 1.807) is 6.92 Å². The molecule has 1 saturated carbocycles. The second-order valence-electron chi connectivity index (χ2n) is 4.64. The minimum Gasteiger partial charge on any atom is -0.481 e. The van der Waals surface area contributed by atoms with E-state index in [2.05, 4.69) is 6.08 Å². The number of esters is 1. The molecule has 0 aromatic rings. The van der Waals surface area contributed by atoms with E-state index in [9.17, 15) is 9.59 Å². The van der Waals surface area contributed by atoms with E-state index in [0.717, 1.165) is 6.42 Å². The summed E-state index contributed by atoms with van der Waals surface area (Å²) in [6.45, 7) is 2.05. The molecule has 2 aliphatic rings. The van der Waals surface area contributed by atoms with Gasteiger partial charge < -0.3 is 9.84 Å². The number of rotatable bonds is 4. The number of hydrogen-bond donors (Lipinski definition) is 1. The van der Waals surface area contributed by atoms with Crippen molar-refractivity contribution >= 4 is 11.9 Å². The molecule has 3 unspecified atom stereocenters. The van der Waals surface area contributed by atoms with Gasteiger partial charge in [-0.3, -0.25) is 9.59 Å². The number of ether oxygens (including phenoxy) is 1. The fraction of sp³-hybridized carbons (Fsp3) is 0.667. The standard InChI is InChI=1S/C12H16O4/c1-2-16-11(15)12(7-10(13)14)6-8-3-4-9(12)5-8/h3-4,8-9H,2,5-7H2,1H3,(H,13,14). The molecular formula is C12H16O4. The maximum atomic E-state index is 12.0. The van der Waals surface area contributed by atoms with E-state index in [1.165, 1.54) is 0 Å². The number of carboxylic acid groups (broad SMARTS) is 1. The Labute approximate surface area is 94.3 Å². The van der Waals surface area contributed by atoms with Gasteiger partial charge in [-0.15, -0.1) is 0 Å². The van der Waals surface area contributed by atoms with Crippen molar-refractivity contribution < 1.29 is 19.4 Å². The summed E-state index contributed by atoms with van der Waals surface area (Å²) in [4.78, 5) is 22.9. The van der Waals surface area contributed by atoms with Gasteiger partial charge in [0, 0.05) is 0 Å². The second-order valence-corrected chi connectivity index (χ2v) is 4.64. The van der Waals surface area contributed by atoms with Crippen molar-refractivity contribution in [2.75, 3.05) is 6.61 Å². The molecule has 2 bridgehead atoms. The van der Waals surface area contributed by atoms with Crippen molar-refractivity contribution in [3.8, 4) is 0 Å². The first kappa shape index (κ1) is 11.2. The van der Waals surface area contributed by atoms with Crippen LogP contribution in [0, 0.1) is 17.3 Å². The predicted octanol–water partition coefficient (Wildman–Crippen LogP) is 1.61. The Bertz CT molecular complexity index is 347. The van der Waals surface area contributed by atoms with Crippen molar-refractivity contribution in [1.29, 1.82) is 0 Å². The van der Waals surface area contributed by atoms with E-state index in [0.29, 0.717) is 18.9 Å². The summed E-state index contributed by atoms with van der Waals surface area (Å²) in [7, 11) is 0. The van der Waals surface area contributed by atoms with E-state index in [4.69, 9.17) is 9.84 Å². The van der Waals surface area contributed by atoms with Crippen LogP contribution in [0.2, 0.25) is 0 Å². The first-order valence-electron chi connectivity index (χ1n) is 5.66. The zero-order valence-corrected chi connectivity index (χ0v) is 9.31. The number of allylic oxidation sites excluding steroid dienone is 2. The van der Waals surface area contributed by atoms with Gasteiger partial charge in [0.25, 0.3) is 0 Å². The van der Waals surface area contributed by atoms with Crippen molar-refractivity contribution in [3.05, 3.63) is 12.2 Å². The van der Waals surface area contributed by atoms with Crippen molar-refractivity contribution in [1.82, 2.24) is 0 Å². The molecule has 1 fully saturated rings. The van der Waals surface area contributed by atoms with Gasteiger partial charge >= 0.3 is 11.9 Å². The molecule has 0 heterocycles. The summed E-state index contributed by atoms with van der Waals surface area (Å²) in [5, 5.41) is 8.95. The Morgan fingerprint density at radius 1 is 1.50 bits per heavy atom. The van der Waals surface area contributed by atoms with Crippen LogP contribution in [0.3, 0.4) is 0 Å². The van der Waals surface area contributed by atoms with E-state index in [1.807, 2.05) is 6.08 Å². The number of aliphatic carboxylic acids is 1. The SMILES string of the molecule is CCOC(=O)C1(CC(=O)O)CC2C=CC1C2. The Hall–Kier alpha value is -1.32. The van der Waals surface area contributed by atoms with Crippen LogP contribution in [0.1, 0.15) is 26.2 Å². The van der Waals surface area contributed by atoms with Gasteiger partial charge in [-0.25, -0.2) is 0 Å². The molecule has 0 radical (unpaired) electrons. The lowest BCUT2D eigenvalue weighted by Gasteiger charge is -2.31. The largest absolute Gasteiger partial charge is 0.481 e. The summed E-state index contributed by atoms with van der Waals surface area (Å²) < 4.78 is 5.05. The van der Waals surface area contributed by atoms with Gasteiger partial charge in [0.15, 0.2) is 0 Å². The molecule has 0 amide bonds. The molecule has 16 heavy (non-hydrogen) atoms. The third kappa shape index (κ3) is 1.62. The van der Waals surface area contributed by atoms with Crippen LogP contribution in [0.15, 0.2) is 12.2 Å². The quantitative estimate of drug-likeness (QED) is 0.582. The number of carbonyl (C=O) groups is 2. The third-order valence-corrected chi connectivity index (χ3v) is 3.66. The molecule has 3 atom stereocenters. The maximum absolute atomic E-state index is 12.0. The molecular weight excluding hydrogens is 208 g/mol. The average molecular weight is 224 g/mol. The smallest absolute Gasteiger partial charge is 0.313 e. The van der Waals surface area contributed by atoms with Crippen LogP contribution < -0.4 is 0 Å². The number of carboxylic acids is 1. The van der Waals surface area contributed by atoms with Gasteiger partial charge in [0.05, 0.1) is 18.4 Å². The maximum Gasteiger partial charge on any atom is 0.313 e. The normalized spacial score (nSPS) is 35.3. The second kappa shape index (κ2) is 3.92. The van der Waals surface area contributed by atoms with Crippen LogP contribution >= 0.6 is 0 Å². The Balaban J connectivity index is 2.23. The fourth-order valence-electron chi connectivity index (χ4n) is 3.01. The first-order chi connectivity index (χ1) is 7.58. The lowest BCUT2D eigenvalue weighted by atomic mass is 9.73. The molecule has 1 N–H and O–H groups in total. The van der Waals surface area contributed by atoms with Gasteiger partial charge in [0.2, 0.25) is 0 Å². The van der Waals surface area contributed by atoms with Crippen molar-refractivity contribution in [2.45, 2.75) is 26.2 Å². The summed E-state index contributed by atoms with van der Waals surface area (Å²) >= 11 is 0. The van der Waals surface area contributed by atoms with Crippen LogP contribution in [0.25, 0.3) is 0 Å². The first-order valence-corrected chi connectivity index (χ1v) is 5.66. The highest BCUT2D eigenvalue weighted by Gasteiger charge is 2.55. The summed E-state index contributed by atoms with van der Waals surface area (Å²) in [6.07, 6.45) is 5.47. The van der Waals surface area contributed by atoms with Gasteiger partial charge in [-0.05, 0) is 31.6 Å². The summed E-state index contributed by atoms with van der Waals surface area (Å²) in [6, 6.07) is 0. The fourth-order valence-corrected chi connectivity index (χ4v) is 3.01. The minimum absolute atomic E-state index is 0.0487. The predicted molar refractivity (Wildman–Crippen MR) is 56.7 cm³/mol. The number of hydrogen-bond acceptors (Lipinski definition) is 3. The highest BCUT2D eigenvalue weighted by molar-refractivity contribution is 5.84. The lowest BCUT2D eigenvalue weighted by molar-refractivity contribution is -0.162. The molecule has 0 aromatic heterocycles. The monoisotopic (exact) mass is 224 g/mol. The Kier molecular flexibility index (Phi) is 2.74. The van der Waals surface area contributed by atoms with Gasteiger partial charge in [0.1, 0.15) is 0 Å². The molecule has 2 rings (SSSR count). The van der Waals surface area contributed by atoms with Crippen molar-refractivity contribution in [3.63, 3.8) is 0 Å². The van der Waals surface area contributed by atoms with Crippen LogP contribution in [0.4, 0.5) is 0 Å². The molecule has 0 aliphatic heterocycles. The molecule has 2 aliphatic carbocycles. The van der Waals surface area contributed by atoms with Crippen molar-refractivity contribution in [2.24, 2.45) is 17.3 Å². The zero-order valence-electron chi connectivity index (χ0n) is 9.31. The third-order valence-electron chi connectivity index (χ3n) is 3.66. The molecule has 0 aromatic carbocycles. The summed E-state index contributed by atoms with van der Waals surface area (Å²) in [5.41, 5.74) is -0.804. The summed E-state index contributed by atoms with van der Waals surface area (Å²) in [5.74, 6) is -0.857.